The van der Waals surface area contributed by atoms with E-state index in [2.05, 4.69) is 25.3 Å². The highest BCUT2D eigenvalue weighted by Crippen LogP contribution is 2.35. The Morgan fingerprint density at radius 3 is 3.00 bits per heavy atom. The molecule has 12 nitrogen and oxygen atoms in total. The number of nitrogens with one attached hydrogen (secondary N) is 1. The van der Waals surface area contributed by atoms with Crippen LogP contribution in [0.4, 0.5) is 0 Å². The first-order chi connectivity index (χ1) is 16.5. The molecular weight excluding hydrogens is 438 g/mol. The van der Waals surface area contributed by atoms with E-state index in [-0.39, 0.29) is 17.7 Å². The van der Waals surface area contributed by atoms with E-state index in [0.717, 1.165) is 22.6 Å². The molecule has 1 N–H and O–H groups in total. The number of aryl methyl sites for hydroxylation is 1. The van der Waals surface area contributed by atoms with Gasteiger partial charge in [-0.2, -0.15) is 10.2 Å². The minimum atomic E-state index is -0.525. The standard InChI is InChI=1S/C22H21N9O3/c1-12-13(10-25-29(12)2)20-26-27-21(34-20)22(32)30-8-6-14-18(24-11-23-14)19(30)15-9-16-17(33-3)5-4-7-31(16)28-15/h4-5,7,9-11,19H,6,8H2,1-3H3,(H,23,24)/t19-/m0/s1. The van der Waals surface area contributed by atoms with E-state index in [1.54, 1.807) is 33.7 Å². The minimum Gasteiger partial charge on any atom is -0.494 e. The first kappa shape index (κ1) is 20.1. The topological polar surface area (TPSA) is 132 Å². The number of hydrogen-bond acceptors (Lipinski definition) is 8. The molecule has 0 unspecified atom stereocenters. The Hall–Kier alpha value is -4.48. The van der Waals surface area contributed by atoms with Crippen LogP contribution in [0.25, 0.3) is 17.0 Å². The van der Waals surface area contributed by atoms with Crippen LogP contribution in [-0.4, -0.2) is 64.0 Å². The molecule has 6 heterocycles. The predicted octanol–water partition coefficient (Wildman–Crippen LogP) is 1.95. The van der Waals surface area contributed by atoms with E-state index in [4.69, 9.17) is 14.3 Å². The van der Waals surface area contributed by atoms with Crippen molar-refractivity contribution in [2.75, 3.05) is 13.7 Å². The van der Waals surface area contributed by atoms with Gasteiger partial charge >= 0.3 is 11.8 Å². The smallest absolute Gasteiger partial charge is 0.312 e. The summed E-state index contributed by atoms with van der Waals surface area (Å²) >= 11 is 0. The molecule has 1 amide bonds. The summed E-state index contributed by atoms with van der Waals surface area (Å²) in [4.78, 5) is 23.0. The van der Waals surface area contributed by atoms with Crippen LogP contribution < -0.4 is 4.74 Å². The maximum absolute atomic E-state index is 13.6. The average Bonchev–Trinajstić information content (AvgIpc) is 3.64. The van der Waals surface area contributed by atoms with Gasteiger partial charge in [-0.3, -0.25) is 9.48 Å². The van der Waals surface area contributed by atoms with Crippen LogP contribution in [0.3, 0.4) is 0 Å². The normalized spacial score (nSPS) is 15.6. The fourth-order valence-corrected chi connectivity index (χ4v) is 4.36. The highest BCUT2D eigenvalue weighted by atomic mass is 16.5. The van der Waals surface area contributed by atoms with E-state index in [0.29, 0.717) is 30.0 Å². The molecule has 12 heteroatoms. The zero-order chi connectivity index (χ0) is 23.4. The summed E-state index contributed by atoms with van der Waals surface area (Å²) < 4.78 is 14.7. The number of H-pyrrole nitrogens is 1. The first-order valence-corrected chi connectivity index (χ1v) is 10.7. The number of rotatable bonds is 4. The Labute approximate surface area is 193 Å². The van der Waals surface area contributed by atoms with Crippen molar-refractivity contribution in [1.29, 1.82) is 0 Å². The Morgan fingerprint density at radius 2 is 2.21 bits per heavy atom. The molecule has 0 fully saturated rings. The molecule has 0 aliphatic carbocycles. The van der Waals surface area contributed by atoms with Gasteiger partial charge in [-0.15, -0.1) is 10.2 Å². The Balaban J connectivity index is 1.41. The molecule has 5 aromatic rings. The SMILES string of the molecule is COc1cccn2nc([C@H]3c4nc[nH]c4CCN3C(=O)c3nnc(-c4cnn(C)c4C)o3)cc12. The number of carbonyl (C=O) groups is 1. The first-order valence-electron chi connectivity index (χ1n) is 10.7. The van der Waals surface area contributed by atoms with E-state index >= 15 is 0 Å². The number of pyridine rings is 1. The number of imidazole rings is 1. The third-order valence-electron chi connectivity index (χ3n) is 6.24. The monoisotopic (exact) mass is 459 g/mol. The van der Waals surface area contributed by atoms with E-state index in [1.165, 1.54) is 0 Å². The van der Waals surface area contributed by atoms with Gasteiger partial charge in [0.1, 0.15) is 17.3 Å². The van der Waals surface area contributed by atoms with Crippen LogP contribution >= 0.6 is 0 Å². The second-order valence-corrected chi connectivity index (χ2v) is 8.07. The number of hydrogen-bond donors (Lipinski definition) is 1. The van der Waals surface area contributed by atoms with Crippen LogP contribution in [0.5, 0.6) is 5.75 Å². The fourth-order valence-electron chi connectivity index (χ4n) is 4.36. The highest BCUT2D eigenvalue weighted by Gasteiger charge is 2.38. The number of ether oxygens (including phenoxy) is 1. The molecule has 0 bridgehead atoms. The number of methoxy groups -OCH3 is 1. The van der Waals surface area contributed by atoms with E-state index in [9.17, 15) is 4.79 Å². The summed E-state index contributed by atoms with van der Waals surface area (Å²) in [6.07, 6.45) is 5.73. The highest BCUT2D eigenvalue weighted by molar-refractivity contribution is 5.90. The van der Waals surface area contributed by atoms with Crippen molar-refractivity contribution in [1.82, 2.24) is 44.5 Å². The molecule has 5 aromatic heterocycles. The molecular formula is C22H21N9O3. The lowest BCUT2D eigenvalue weighted by molar-refractivity contribution is 0.0646. The van der Waals surface area contributed by atoms with Crippen LogP contribution in [-0.2, 0) is 13.5 Å². The summed E-state index contributed by atoms with van der Waals surface area (Å²) in [7, 11) is 3.44. The summed E-state index contributed by atoms with van der Waals surface area (Å²) in [6.45, 7) is 2.33. The average molecular weight is 459 g/mol. The van der Waals surface area contributed by atoms with Gasteiger partial charge < -0.3 is 19.0 Å². The third kappa shape index (κ3) is 2.99. The molecule has 1 aliphatic rings. The molecule has 0 spiro atoms. The van der Waals surface area contributed by atoms with Gasteiger partial charge in [0.05, 0.1) is 36.6 Å². The number of carbonyl (C=O) groups excluding carboxylic acids is 1. The summed E-state index contributed by atoms with van der Waals surface area (Å²) in [6, 6.07) is 5.10. The summed E-state index contributed by atoms with van der Waals surface area (Å²) in [5.41, 5.74) is 4.71. The summed E-state index contributed by atoms with van der Waals surface area (Å²) in [5, 5.41) is 17.1. The molecule has 0 aromatic carbocycles. The fraction of sp³-hybridized carbons (Fsp3) is 0.273. The lowest BCUT2D eigenvalue weighted by Gasteiger charge is -2.32. The number of amides is 1. The van der Waals surface area contributed by atoms with Crippen molar-refractivity contribution < 1.29 is 13.9 Å². The van der Waals surface area contributed by atoms with Gasteiger partial charge in [0.2, 0.25) is 0 Å². The van der Waals surface area contributed by atoms with Crippen molar-refractivity contribution in [3.63, 3.8) is 0 Å². The predicted molar refractivity (Wildman–Crippen MR) is 118 cm³/mol. The van der Waals surface area contributed by atoms with Gasteiger partial charge in [0, 0.05) is 37.6 Å². The molecule has 172 valence electrons. The Kier molecular flexibility index (Phi) is 4.47. The minimum absolute atomic E-state index is 0.0939. The quantitative estimate of drug-likeness (QED) is 0.431. The van der Waals surface area contributed by atoms with Crippen LogP contribution in [0.15, 0.2) is 41.3 Å². The van der Waals surface area contributed by atoms with Gasteiger partial charge in [0.25, 0.3) is 5.89 Å². The molecule has 0 radical (unpaired) electrons. The third-order valence-corrected chi connectivity index (χ3v) is 6.24. The second kappa shape index (κ2) is 7.54. The molecule has 6 rings (SSSR count). The number of nitrogens with zero attached hydrogens (tertiary/aromatic N) is 8. The van der Waals surface area contributed by atoms with Crippen molar-refractivity contribution in [2.45, 2.75) is 19.4 Å². The van der Waals surface area contributed by atoms with Gasteiger partial charge in [-0.25, -0.2) is 9.50 Å². The largest absolute Gasteiger partial charge is 0.494 e. The van der Waals surface area contributed by atoms with Gasteiger partial charge in [-0.1, -0.05) is 0 Å². The molecule has 1 aliphatic heterocycles. The Morgan fingerprint density at radius 1 is 1.32 bits per heavy atom. The maximum Gasteiger partial charge on any atom is 0.312 e. The zero-order valence-corrected chi connectivity index (χ0v) is 18.8. The van der Waals surface area contributed by atoms with Crippen LogP contribution in [0, 0.1) is 6.92 Å². The van der Waals surface area contributed by atoms with Crippen molar-refractivity contribution in [3.05, 3.63) is 65.6 Å². The molecule has 1 atom stereocenters. The zero-order valence-electron chi connectivity index (χ0n) is 18.8. The van der Waals surface area contributed by atoms with E-state index in [1.807, 2.05) is 38.4 Å². The van der Waals surface area contributed by atoms with Crippen molar-refractivity contribution in [3.8, 4) is 17.2 Å². The maximum atomic E-state index is 13.6. The summed E-state index contributed by atoms with van der Waals surface area (Å²) in [5.74, 6) is 0.456. The lowest BCUT2D eigenvalue weighted by Crippen LogP contribution is -2.41. The van der Waals surface area contributed by atoms with E-state index < -0.39 is 6.04 Å². The molecule has 0 saturated heterocycles. The van der Waals surface area contributed by atoms with Crippen molar-refractivity contribution >= 4 is 11.4 Å². The Bertz CT molecular complexity index is 1530. The van der Waals surface area contributed by atoms with Gasteiger partial charge in [0.15, 0.2) is 0 Å². The number of fused-ring (bicyclic) bond motifs is 2. The second-order valence-electron chi connectivity index (χ2n) is 8.07. The van der Waals surface area contributed by atoms with Crippen LogP contribution in [0.2, 0.25) is 0 Å². The van der Waals surface area contributed by atoms with Gasteiger partial charge in [-0.05, 0) is 25.1 Å². The number of aromatic nitrogens is 8. The molecule has 34 heavy (non-hydrogen) atoms. The lowest BCUT2D eigenvalue weighted by atomic mass is 9.99. The van der Waals surface area contributed by atoms with Crippen molar-refractivity contribution in [2.24, 2.45) is 7.05 Å². The molecule has 0 saturated carbocycles. The number of aromatic amines is 1. The van der Waals surface area contributed by atoms with Crippen LogP contribution in [0.1, 0.15) is 39.5 Å².